The molecule has 0 aliphatic heterocycles. The normalized spacial score (nSPS) is 14.9. The van der Waals surface area contributed by atoms with Gasteiger partial charge in [-0.05, 0) is 34.4 Å². The molecule has 106 valence electrons. The van der Waals surface area contributed by atoms with Gasteiger partial charge in [-0.3, -0.25) is 0 Å². The first-order chi connectivity index (χ1) is 9.79. The van der Waals surface area contributed by atoms with Crippen molar-refractivity contribution in [3.63, 3.8) is 0 Å². The van der Waals surface area contributed by atoms with Crippen LogP contribution >= 0.6 is 0 Å². The Labute approximate surface area is 129 Å². The van der Waals surface area contributed by atoms with Crippen LogP contribution in [0.4, 0.5) is 0 Å². The van der Waals surface area contributed by atoms with E-state index in [0.29, 0.717) is 0 Å². The number of rotatable bonds is 0. The third-order valence-electron chi connectivity index (χ3n) is 4.17. The molecule has 0 fully saturated rings. The molecule has 0 bridgehead atoms. The second kappa shape index (κ2) is 4.61. The molecule has 0 saturated carbocycles. The van der Waals surface area contributed by atoms with E-state index < -0.39 is 8.07 Å². The highest BCUT2D eigenvalue weighted by molar-refractivity contribution is 6.83. The lowest BCUT2D eigenvalue weighted by atomic mass is 9.82. The van der Waals surface area contributed by atoms with Gasteiger partial charge >= 0.3 is 0 Å². The number of fused-ring (bicyclic) bond motifs is 3. The van der Waals surface area contributed by atoms with Gasteiger partial charge in [0, 0.05) is 11.0 Å². The standard InChI is InChI=1S/C20H22Si/c1-20(2)18-9-7-6-8-16(18)17-11-10-15(14-19(17)20)12-13-21(3,4)5/h6-11,14H,1-5H3. The van der Waals surface area contributed by atoms with E-state index in [4.69, 9.17) is 0 Å². The maximum Gasteiger partial charge on any atom is 0.129 e. The summed E-state index contributed by atoms with van der Waals surface area (Å²) in [5.74, 6) is 3.39. The SMILES string of the molecule is CC1(C)c2ccccc2-c2ccc(C#C[Si](C)(C)C)cc21. The summed E-state index contributed by atoms with van der Waals surface area (Å²) in [6.45, 7) is 11.5. The van der Waals surface area contributed by atoms with E-state index in [0.717, 1.165) is 5.56 Å². The molecular weight excluding hydrogens is 268 g/mol. The van der Waals surface area contributed by atoms with Crippen LogP contribution in [0.15, 0.2) is 42.5 Å². The summed E-state index contributed by atoms with van der Waals surface area (Å²) in [5.41, 5.74) is 10.3. The van der Waals surface area contributed by atoms with Crippen LogP contribution in [0.25, 0.3) is 11.1 Å². The molecule has 0 amide bonds. The van der Waals surface area contributed by atoms with Gasteiger partial charge in [0.25, 0.3) is 0 Å². The van der Waals surface area contributed by atoms with Gasteiger partial charge in [0.1, 0.15) is 8.07 Å². The number of benzene rings is 2. The van der Waals surface area contributed by atoms with Crippen molar-refractivity contribution in [1.82, 2.24) is 0 Å². The summed E-state index contributed by atoms with van der Waals surface area (Å²) < 4.78 is 0. The van der Waals surface area contributed by atoms with Crippen molar-refractivity contribution in [3.05, 3.63) is 59.2 Å². The van der Waals surface area contributed by atoms with Crippen molar-refractivity contribution in [1.29, 1.82) is 0 Å². The van der Waals surface area contributed by atoms with Gasteiger partial charge in [-0.25, -0.2) is 0 Å². The topological polar surface area (TPSA) is 0 Å². The molecule has 0 spiro atoms. The van der Waals surface area contributed by atoms with E-state index >= 15 is 0 Å². The van der Waals surface area contributed by atoms with Crippen LogP contribution in [0.5, 0.6) is 0 Å². The molecule has 1 heteroatoms. The molecule has 1 aliphatic rings. The number of hydrogen-bond acceptors (Lipinski definition) is 0. The van der Waals surface area contributed by atoms with Gasteiger partial charge in [-0.1, -0.05) is 69.7 Å². The molecule has 2 aromatic rings. The van der Waals surface area contributed by atoms with Gasteiger partial charge in [0.15, 0.2) is 0 Å². The average Bonchev–Trinajstić information content (AvgIpc) is 2.65. The first-order valence-electron chi connectivity index (χ1n) is 7.57. The molecule has 1 aliphatic carbocycles. The van der Waals surface area contributed by atoms with Crippen LogP contribution in [0.1, 0.15) is 30.5 Å². The molecule has 0 saturated heterocycles. The fourth-order valence-corrected chi connectivity index (χ4v) is 3.56. The largest absolute Gasteiger partial charge is 0.129 e. The fourth-order valence-electron chi connectivity index (χ4n) is 3.04. The Morgan fingerprint density at radius 3 is 2.24 bits per heavy atom. The predicted octanol–water partition coefficient (Wildman–Crippen LogP) is 5.22. The van der Waals surface area contributed by atoms with Crippen molar-refractivity contribution < 1.29 is 0 Å². The Kier molecular flexibility index (Phi) is 3.11. The minimum atomic E-state index is -1.33. The van der Waals surface area contributed by atoms with Crippen molar-refractivity contribution in [3.8, 4) is 22.6 Å². The lowest BCUT2D eigenvalue weighted by Crippen LogP contribution is -2.16. The van der Waals surface area contributed by atoms with E-state index in [1.165, 1.54) is 22.3 Å². The lowest BCUT2D eigenvalue weighted by Gasteiger charge is -2.21. The summed E-state index contributed by atoms with van der Waals surface area (Å²) in [6, 6.07) is 15.5. The Balaban J connectivity index is 2.13. The lowest BCUT2D eigenvalue weighted by molar-refractivity contribution is 0.660. The maximum atomic E-state index is 3.47. The van der Waals surface area contributed by atoms with Crippen LogP contribution in [-0.4, -0.2) is 8.07 Å². The average molecular weight is 290 g/mol. The first kappa shape index (κ1) is 14.2. The van der Waals surface area contributed by atoms with Gasteiger partial charge in [-0.2, -0.15) is 0 Å². The van der Waals surface area contributed by atoms with Crippen LogP contribution in [0.2, 0.25) is 19.6 Å². The molecule has 0 unspecified atom stereocenters. The minimum absolute atomic E-state index is 0.0722. The monoisotopic (exact) mass is 290 g/mol. The Hall–Kier alpha value is -1.78. The highest BCUT2D eigenvalue weighted by atomic mass is 28.3. The molecule has 21 heavy (non-hydrogen) atoms. The molecular formula is C20H22Si. The van der Waals surface area contributed by atoms with Crippen molar-refractivity contribution in [2.24, 2.45) is 0 Å². The zero-order valence-electron chi connectivity index (χ0n) is 13.5. The van der Waals surface area contributed by atoms with E-state index in [9.17, 15) is 0 Å². The third-order valence-corrected chi connectivity index (χ3v) is 5.04. The summed E-state index contributed by atoms with van der Waals surface area (Å²) >= 11 is 0. The quantitative estimate of drug-likeness (QED) is 0.461. The predicted molar refractivity (Wildman–Crippen MR) is 94.2 cm³/mol. The Morgan fingerprint density at radius 1 is 0.857 bits per heavy atom. The van der Waals surface area contributed by atoms with E-state index in [-0.39, 0.29) is 5.41 Å². The van der Waals surface area contributed by atoms with Crippen LogP contribution in [0.3, 0.4) is 0 Å². The van der Waals surface area contributed by atoms with Crippen molar-refractivity contribution in [2.75, 3.05) is 0 Å². The van der Waals surface area contributed by atoms with Crippen molar-refractivity contribution >= 4 is 8.07 Å². The molecule has 3 rings (SSSR count). The molecule has 0 aromatic heterocycles. The van der Waals surface area contributed by atoms with E-state index in [1.807, 2.05) is 0 Å². The van der Waals surface area contributed by atoms with E-state index in [2.05, 4.69) is 87.4 Å². The summed E-state index contributed by atoms with van der Waals surface area (Å²) in [4.78, 5) is 0. The van der Waals surface area contributed by atoms with E-state index in [1.54, 1.807) is 0 Å². The fraction of sp³-hybridized carbons (Fsp3) is 0.300. The summed E-state index contributed by atoms with van der Waals surface area (Å²) in [6.07, 6.45) is 0. The van der Waals surface area contributed by atoms with Crippen LogP contribution in [0, 0.1) is 11.5 Å². The van der Waals surface area contributed by atoms with Crippen LogP contribution < -0.4 is 0 Å². The first-order valence-corrected chi connectivity index (χ1v) is 11.1. The molecule has 0 nitrogen and oxygen atoms in total. The smallest absolute Gasteiger partial charge is 0.127 e. The second-order valence-electron chi connectivity index (χ2n) is 7.43. The molecule has 0 N–H and O–H groups in total. The second-order valence-corrected chi connectivity index (χ2v) is 12.2. The van der Waals surface area contributed by atoms with Crippen molar-refractivity contribution in [2.45, 2.75) is 38.9 Å². The highest BCUT2D eigenvalue weighted by Crippen LogP contribution is 2.48. The third kappa shape index (κ3) is 2.45. The molecule has 0 heterocycles. The van der Waals surface area contributed by atoms with Crippen LogP contribution in [-0.2, 0) is 5.41 Å². The Morgan fingerprint density at radius 2 is 1.52 bits per heavy atom. The van der Waals surface area contributed by atoms with Gasteiger partial charge < -0.3 is 0 Å². The molecule has 2 aromatic carbocycles. The van der Waals surface area contributed by atoms with Gasteiger partial charge in [0.2, 0.25) is 0 Å². The minimum Gasteiger partial charge on any atom is -0.127 e. The maximum absolute atomic E-state index is 3.47. The summed E-state index contributed by atoms with van der Waals surface area (Å²) in [7, 11) is -1.33. The van der Waals surface area contributed by atoms with Gasteiger partial charge in [0.05, 0.1) is 0 Å². The summed E-state index contributed by atoms with van der Waals surface area (Å²) in [5, 5.41) is 0. The molecule has 0 atom stereocenters. The highest BCUT2D eigenvalue weighted by Gasteiger charge is 2.34. The Bertz CT molecular complexity index is 764. The number of hydrogen-bond donors (Lipinski definition) is 0. The van der Waals surface area contributed by atoms with Gasteiger partial charge in [-0.15, -0.1) is 5.54 Å². The molecule has 0 radical (unpaired) electrons. The zero-order valence-corrected chi connectivity index (χ0v) is 14.5. The zero-order chi connectivity index (χ0) is 15.3.